The van der Waals surface area contributed by atoms with Crippen LogP contribution in [0.3, 0.4) is 0 Å². The quantitative estimate of drug-likeness (QED) is 0.443. The van der Waals surface area contributed by atoms with Gasteiger partial charge < -0.3 is 0 Å². The second-order valence-corrected chi connectivity index (χ2v) is 3.94. The van der Waals surface area contributed by atoms with Crippen LogP contribution in [0.1, 0.15) is 17.7 Å². The first-order valence-electron chi connectivity index (χ1n) is 3.25. The fourth-order valence-electron chi connectivity index (χ4n) is 0.874. The number of hydrogen-bond acceptors (Lipinski definition) is 1. The van der Waals surface area contributed by atoms with Crippen LogP contribution in [0.15, 0.2) is 6.07 Å². The van der Waals surface area contributed by atoms with E-state index in [4.69, 9.17) is 0 Å². The Labute approximate surface area is 95.0 Å². The standard InChI is InChI=1S/C7H4BrF3IN/c8-2-4-6(7(10)11)3(12)1-5(9)13-4/h1,7H,2H2. The van der Waals surface area contributed by atoms with E-state index in [1.165, 1.54) is 0 Å². The Hall–Kier alpha value is 0.150. The Morgan fingerprint density at radius 2 is 2.15 bits per heavy atom. The molecule has 0 fully saturated rings. The van der Waals surface area contributed by atoms with Crippen molar-refractivity contribution in [1.29, 1.82) is 0 Å². The van der Waals surface area contributed by atoms with Crippen LogP contribution in [0.5, 0.6) is 0 Å². The molecule has 0 spiro atoms. The van der Waals surface area contributed by atoms with Gasteiger partial charge in [0.25, 0.3) is 6.43 Å². The van der Waals surface area contributed by atoms with Crippen LogP contribution in [0.2, 0.25) is 0 Å². The fourth-order valence-corrected chi connectivity index (χ4v) is 2.10. The molecule has 13 heavy (non-hydrogen) atoms. The minimum atomic E-state index is -2.62. The molecule has 0 aliphatic rings. The van der Waals surface area contributed by atoms with Crippen molar-refractivity contribution in [1.82, 2.24) is 4.98 Å². The highest BCUT2D eigenvalue weighted by Crippen LogP contribution is 2.28. The topological polar surface area (TPSA) is 12.9 Å². The highest BCUT2D eigenvalue weighted by molar-refractivity contribution is 14.1. The number of nitrogens with zero attached hydrogens (tertiary/aromatic N) is 1. The summed E-state index contributed by atoms with van der Waals surface area (Å²) in [7, 11) is 0. The highest BCUT2D eigenvalue weighted by atomic mass is 127. The van der Waals surface area contributed by atoms with Gasteiger partial charge in [-0.3, -0.25) is 0 Å². The summed E-state index contributed by atoms with van der Waals surface area (Å²) in [4.78, 5) is 3.38. The summed E-state index contributed by atoms with van der Waals surface area (Å²) >= 11 is 4.65. The van der Waals surface area contributed by atoms with E-state index < -0.39 is 12.4 Å². The highest BCUT2D eigenvalue weighted by Gasteiger charge is 2.18. The monoisotopic (exact) mass is 365 g/mol. The maximum atomic E-state index is 12.7. The molecular formula is C7H4BrF3IN. The lowest BCUT2D eigenvalue weighted by Crippen LogP contribution is -2.01. The van der Waals surface area contributed by atoms with Gasteiger partial charge in [-0.05, 0) is 22.6 Å². The van der Waals surface area contributed by atoms with E-state index in [2.05, 4.69) is 20.9 Å². The first-order valence-corrected chi connectivity index (χ1v) is 5.45. The molecule has 0 aliphatic carbocycles. The van der Waals surface area contributed by atoms with Crippen molar-refractivity contribution in [2.24, 2.45) is 0 Å². The Balaban J connectivity index is 3.30. The molecule has 0 N–H and O–H groups in total. The van der Waals surface area contributed by atoms with Crippen LogP contribution in [-0.2, 0) is 5.33 Å². The molecular weight excluding hydrogens is 362 g/mol. The summed E-state index contributed by atoms with van der Waals surface area (Å²) in [5.41, 5.74) is -0.140. The van der Waals surface area contributed by atoms with Crippen molar-refractivity contribution in [2.45, 2.75) is 11.8 Å². The number of pyridine rings is 1. The van der Waals surface area contributed by atoms with E-state index in [1.54, 1.807) is 22.6 Å². The lowest BCUT2D eigenvalue weighted by molar-refractivity contribution is 0.148. The number of hydrogen-bond donors (Lipinski definition) is 0. The Kier molecular flexibility index (Phi) is 3.96. The van der Waals surface area contributed by atoms with Gasteiger partial charge in [-0.25, -0.2) is 13.8 Å². The third-order valence-electron chi connectivity index (χ3n) is 1.40. The van der Waals surface area contributed by atoms with Crippen LogP contribution in [0.4, 0.5) is 13.2 Å². The van der Waals surface area contributed by atoms with E-state index in [9.17, 15) is 13.2 Å². The summed E-state index contributed by atoms with van der Waals surface area (Å²) in [5.74, 6) is -0.733. The first-order chi connectivity index (χ1) is 6.06. The predicted octanol–water partition coefficient (Wildman–Crippen LogP) is 3.66. The third kappa shape index (κ3) is 2.55. The van der Waals surface area contributed by atoms with Crippen LogP contribution < -0.4 is 0 Å². The Bertz CT molecular complexity index is 319. The number of alkyl halides is 3. The lowest BCUT2D eigenvalue weighted by atomic mass is 10.2. The number of aromatic nitrogens is 1. The molecule has 0 saturated heterocycles. The average molecular weight is 366 g/mol. The van der Waals surface area contributed by atoms with Gasteiger partial charge in [0.2, 0.25) is 5.95 Å². The first kappa shape index (κ1) is 11.2. The number of halogens is 5. The molecule has 0 unspecified atom stereocenters. The maximum absolute atomic E-state index is 12.7. The molecule has 72 valence electrons. The fraction of sp³-hybridized carbons (Fsp3) is 0.286. The summed E-state index contributed by atoms with van der Waals surface area (Å²) in [6, 6.07) is 0.994. The lowest BCUT2D eigenvalue weighted by Gasteiger charge is -2.07. The molecule has 0 amide bonds. The predicted molar refractivity (Wildman–Crippen MR) is 54.5 cm³/mol. The molecule has 1 heterocycles. The molecule has 6 heteroatoms. The van der Waals surface area contributed by atoms with Crippen LogP contribution >= 0.6 is 38.5 Å². The van der Waals surface area contributed by atoms with Crippen molar-refractivity contribution in [3.8, 4) is 0 Å². The van der Waals surface area contributed by atoms with E-state index in [0.717, 1.165) is 6.07 Å². The molecule has 1 nitrogen and oxygen atoms in total. The molecule has 0 aromatic carbocycles. The van der Waals surface area contributed by atoms with Gasteiger partial charge in [0.1, 0.15) is 0 Å². The van der Waals surface area contributed by atoms with E-state index in [0.29, 0.717) is 0 Å². The maximum Gasteiger partial charge on any atom is 0.266 e. The van der Waals surface area contributed by atoms with E-state index in [1.807, 2.05) is 0 Å². The van der Waals surface area contributed by atoms with E-state index >= 15 is 0 Å². The van der Waals surface area contributed by atoms with Crippen LogP contribution in [0, 0.1) is 9.52 Å². The minimum absolute atomic E-state index is 0.0550. The van der Waals surface area contributed by atoms with Crippen molar-refractivity contribution >= 4 is 38.5 Å². The van der Waals surface area contributed by atoms with Crippen LogP contribution in [0.25, 0.3) is 0 Å². The summed E-state index contributed by atoms with van der Waals surface area (Å²) in [6.45, 7) is 0. The van der Waals surface area contributed by atoms with Crippen molar-refractivity contribution in [3.63, 3.8) is 0 Å². The van der Waals surface area contributed by atoms with Gasteiger partial charge in [0, 0.05) is 15.0 Å². The summed E-state index contributed by atoms with van der Waals surface area (Å²) < 4.78 is 37.7. The zero-order valence-electron chi connectivity index (χ0n) is 6.20. The van der Waals surface area contributed by atoms with Crippen molar-refractivity contribution < 1.29 is 13.2 Å². The van der Waals surface area contributed by atoms with Crippen molar-refractivity contribution in [3.05, 3.63) is 26.8 Å². The van der Waals surface area contributed by atoms with Gasteiger partial charge in [-0.2, -0.15) is 4.39 Å². The average Bonchev–Trinajstić information content (AvgIpc) is 2.01. The SMILES string of the molecule is Fc1cc(I)c(C(F)F)c(CBr)n1. The van der Waals surface area contributed by atoms with Gasteiger partial charge >= 0.3 is 0 Å². The zero-order valence-corrected chi connectivity index (χ0v) is 9.94. The van der Waals surface area contributed by atoms with Crippen molar-refractivity contribution in [2.75, 3.05) is 0 Å². The zero-order chi connectivity index (χ0) is 10.0. The third-order valence-corrected chi connectivity index (χ3v) is 2.82. The number of rotatable bonds is 2. The Morgan fingerprint density at radius 3 is 2.62 bits per heavy atom. The van der Waals surface area contributed by atoms with Gasteiger partial charge in [0.05, 0.1) is 11.3 Å². The minimum Gasteiger partial charge on any atom is -0.223 e. The Morgan fingerprint density at radius 1 is 1.54 bits per heavy atom. The van der Waals surface area contributed by atoms with Gasteiger partial charge in [-0.15, -0.1) is 0 Å². The molecule has 1 aromatic heterocycles. The largest absolute Gasteiger partial charge is 0.266 e. The summed E-state index contributed by atoms with van der Waals surface area (Å²) in [6.07, 6.45) is -2.62. The molecule has 0 radical (unpaired) electrons. The second kappa shape index (κ2) is 4.59. The molecule has 0 bridgehead atoms. The molecule has 0 atom stereocenters. The second-order valence-electron chi connectivity index (χ2n) is 2.22. The molecule has 1 rings (SSSR count). The molecule has 1 aromatic rings. The smallest absolute Gasteiger partial charge is 0.223 e. The van der Waals surface area contributed by atoms with Gasteiger partial charge in [0.15, 0.2) is 0 Å². The van der Waals surface area contributed by atoms with Crippen LogP contribution in [-0.4, -0.2) is 4.98 Å². The normalized spacial score (nSPS) is 10.9. The summed E-state index contributed by atoms with van der Waals surface area (Å²) in [5, 5.41) is 0.125. The molecule has 0 saturated carbocycles. The van der Waals surface area contributed by atoms with Gasteiger partial charge in [-0.1, -0.05) is 15.9 Å². The molecule has 0 aliphatic heterocycles. The van der Waals surface area contributed by atoms with E-state index in [-0.39, 0.29) is 20.2 Å².